The van der Waals surface area contributed by atoms with E-state index in [1.165, 1.54) is 0 Å². The first-order chi connectivity index (χ1) is 7.48. The monoisotopic (exact) mass is 244 g/mol. The van der Waals surface area contributed by atoms with Gasteiger partial charge in [-0.15, -0.1) is 12.3 Å². The van der Waals surface area contributed by atoms with Crippen LogP contribution in [0.5, 0.6) is 0 Å². The molecule has 0 saturated carbocycles. The van der Waals surface area contributed by atoms with Crippen molar-refractivity contribution in [2.75, 3.05) is 0 Å². The van der Waals surface area contributed by atoms with Crippen molar-refractivity contribution in [3.05, 3.63) is 5.32 Å². The number of terminal acetylenes is 1. The van der Waals surface area contributed by atoms with E-state index >= 15 is 0 Å². The van der Waals surface area contributed by atoms with E-state index in [9.17, 15) is 14.4 Å². The van der Waals surface area contributed by atoms with Crippen molar-refractivity contribution < 1.29 is 43.9 Å². The van der Waals surface area contributed by atoms with E-state index in [1.54, 1.807) is 6.92 Å². The molecule has 0 spiro atoms. The predicted octanol–water partition coefficient (Wildman–Crippen LogP) is -1.80. The first-order valence-corrected chi connectivity index (χ1v) is 5.04. The van der Waals surface area contributed by atoms with Crippen LogP contribution in [0.25, 0.3) is 5.32 Å². The molecule has 0 aromatic rings. The Kier molecular flexibility index (Phi) is 5.89. The molecule has 1 aliphatic rings. The van der Waals surface area contributed by atoms with Gasteiger partial charge in [-0.2, -0.15) is 0 Å². The molecule has 17 heavy (non-hydrogen) atoms. The molecule has 0 bridgehead atoms. The maximum atomic E-state index is 11.8. The van der Waals surface area contributed by atoms with Gasteiger partial charge < -0.3 is 10.6 Å². The molecule has 6 heteroatoms. The maximum absolute atomic E-state index is 11.8. The second kappa shape index (κ2) is 6.20. The number of rotatable bonds is 3. The van der Waals surface area contributed by atoms with Gasteiger partial charge in [0.15, 0.2) is 17.8 Å². The molecule has 1 heterocycles. The number of carbonyl (C=O) groups excluding carboxylic acids is 3. The fourth-order valence-corrected chi connectivity index (χ4v) is 1.80. The minimum Gasteiger partial charge on any atom is -0.394 e. The molecule has 0 aliphatic carbocycles. The smallest absolute Gasteiger partial charge is 0.394 e. The van der Waals surface area contributed by atoms with Crippen molar-refractivity contribution in [3.63, 3.8) is 0 Å². The summed E-state index contributed by atoms with van der Waals surface area (Å²) in [5, 5.41) is 5.31. The van der Waals surface area contributed by atoms with Gasteiger partial charge >= 0.3 is 29.6 Å². The van der Waals surface area contributed by atoms with E-state index in [0.29, 0.717) is 6.42 Å². The normalized spacial score (nSPS) is 25.1. The summed E-state index contributed by atoms with van der Waals surface area (Å²) in [6.07, 6.45) is 5.75. The van der Waals surface area contributed by atoms with Crippen LogP contribution >= 0.6 is 0 Å². The summed E-state index contributed by atoms with van der Waals surface area (Å²) in [6, 6.07) is -0.911. The fraction of sp³-hybridized carbons (Fsp3) is 0.545. The van der Waals surface area contributed by atoms with E-state index in [2.05, 4.69) is 11.2 Å². The average Bonchev–Trinajstić information content (AvgIpc) is 2.22. The molecule has 1 fully saturated rings. The molecular weight excluding hydrogens is 231 g/mol. The molecular formula is C11H13N2NaO3. The molecule has 86 valence electrons. The van der Waals surface area contributed by atoms with Crippen molar-refractivity contribution >= 4 is 17.8 Å². The average molecular weight is 244 g/mol. The van der Waals surface area contributed by atoms with Crippen LogP contribution in [0.15, 0.2) is 0 Å². The largest absolute Gasteiger partial charge is 1.00 e. The zero-order chi connectivity index (χ0) is 12.3. The van der Waals surface area contributed by atoms with Crippen LogP contribution in [-0.2, 0) is 9.59 Å². The van der Waals surface area contributed by atoms with Crippen LogP contribution in [0, 0.1) is 23.7 Å². The number of nitrogens with one attached hydrogen (secondary N) is 1. The quantitative estimate of drug-likeness (QED) is 0.361. The fourth-order valence-electron chi connectivity index (χ4n) is 1.80. The zero-order valence-corrected chi connectivity index (χ0v) is 12.2. The van der Waals surface area contributed by atoms with Gasteiger partial charge in [0.1, 0.15) is 5.41 Å². The van der Waals surface area contributed by atoms with Crippen molar-refractivity contribution in [1.29, 1.82) is 0 Å². The molecule has 1 N–H and O–H groups in total. The van der Waals surface area contributed by atoms with E-state index in [0.717, 1.165) is 0 Å². The SMILES string of the molecule is C#CCC1(C(C)CC)C(=O)[N-]C(=O)NC1=O.[Na+]. The summed E-state index contributed by atoms with van der Waals surface area (Å²) >= 11 is 0. The van der Waals surface area contributed by atoms with Gasteiger partial charge in [-0.05, 0) is 5.92 Å². The molecule has 1 rings (SSSR count). The number of imide groups is 2. The van der Waals surface area contributed by atoms with Gasteiger partial charge in [-0.25, -0.2) is 0 Å². The summed E-state index contributed by atoms with van der Waals surface area (Å²) in [5.74, 6) is 0.697. The maximum Gasteiger partial charge on any atom is 1.00 e. The minimum absolute atomic E-state index is 0. The molecule has 4 amide bonds. The van der Waals surface area contributed by atoms with E-state index in [1.807, 2.05) is 12.2 Å². The van der Waals surface area contributed by atoms with Crippen molar-refractivity contribution in [1.82, 2.24) is 5.32 Å². The van der Waals surface area contributed by atoms with Gasteiger partial charge in [-0.3, -0.25) is 14.4 Å². The van der Waals surface area contributed by atoms with Crippen LogP contribution < -0.4 is 34.9 Å². The number of hydrogen-bond donors (Lipinski definition) is 1. The Hall–Kier alpha value is -0.830. The Labute approximate surface area is 122 Å². The number of hydrogen-bond acceptors (Lipinski definition) is 3. The third kappa shape index (κ3) is 2.71. The first-order valence-electron chi connectivity index (χ1n) is 5.04. The van der Waals surface area contributed by atoms with Crippen molar-refractivity contribution in [2.24, 2.45) is 11.3 Å². The van der Waals surface area contributed by atoms with E-state index < -0.39 is 23.3 Å². The van der Waals surface area contributed by atoms with Crippen LogP contribution in [0.1, 0.15) is 26.7 Å². The molecule has 0 aromatic carbocycles. The third-order valence-corrected chi connectivity index (χ3v) is 3.04. The van der Waals surface area contributed by atoms with Gasteiger partial charge in [0, 0.05) is 6.42 Å². The Morgan fingerprint density at radius 2 is 2.06 bits per heavy atom. The summed E-state index contributed by atoms with van der Waals surface area (Å²) < 4.78 is 0. The van der Waals surface area contributed by atoms with Crippen LogP contribution in [-0.4, -0.2) is 17.8 Å². The third-order valence-electron chi connectivity index (χ3n) is 3.04. The number of barbiturate groups is 1. The Morgan fingerprint density at radius 1 is 1.47 bits per heavy atom. The van der Waals surface area contributed by atoms with Crippen LogP contribution in [0.3, 0.4) is 0 Å². The van der Waals surface area contributed by atoms with Crippen LogP contribution in [0.2, 0.25) is 0 Å². The molecule has 0 aromatic heterocycles. The number of carbonyl (C=O) groups is 3. The Morgan fingerprint density at radius 3 is 2.47 bits per heavy atom. The Balaban J connectivity index is 0.00000256. The molecule has 5 nitrogen and oxygen atoms in total. The van der Waals surface area contributed by atoms with E-state index in [4.69, 9.17) is 6.42 Å². The summed E-state index contributed by atoms with van der Waals surface area (Å²) in [4.78, 5) is 34.5. The van der Waals surface area contributed by atoms with E-state index in [-0.39, 0.29) is 41.9 Å². The zero-order valence-electron chi connectivity index (χ0n) is 10.2. The number of urea groups is 1. The van der Waals surface area contributed by atoms with Gasteiger partial charge in [0.05, 0.1) is 0 Å². The standard InChI is InChI=1S/C11H14N2O3.Na/c1-4-6-11(7(3)5-2)8(14)12-10(16)13-9(11)15;/h1,7H,5-6H2,2-3H3,(H2,12,13,14,15,16);/q;+1/p-1. The predicted molar refractivity (Wildman–Crippen MR) is 57.2 cm³/mol. The summed E-state index contributed by atoms with van der Waals surface area (Å²) in [5.41, 5.74) is -1.38. The molecule has 2 atom stereocenters. The topological polar surface area (TPSA) is 77.3 Å². The first kappa shape index (κ1) is 16.2. The molecule has 2 unspecified atom stereocenters. The minimum atomic E-state index is -1.38. The molecule has 1 aliphatic heterocycles. The second-order valence-electron chi connectivity index (χ2n) is 3.84. The number of nitrogens with zero attached hydrogens (tertiary/aromatic N) is 1. The van der Waals surface area contributed by atoms with Gasteiger partial charge in [-0.1, -0.05) is 20.3 Å². The number of amides is 4. The van der Waals surface area contributed by atoms with Gasteiger partial charge in [0.2, 0.25) is 0 Å². The second-order valence-corrected chi connectivity index (χ2v) is 3.84. The summed E-state index contributed by atoms with van der Waals surface area (Å²) in [7, 11) is 0. The summed E-state index contributed by atoms with van der Waals surface area (Å²) in [6.45, 7) is 3.60. The molecule has 1 saturated heterocycles. The molecule has 0 radical (unpaired) electrons. The van der Waals surface area contributed by atoms with Crippen LogP contribution in [0.4, 0.5) is 4.79 Å². The van der Waals surface area contributed by atoms with Gasteiger partial charge in [0.25, 0.3) is 0 Å². The van der Waals surface area contributed by atoms with Crippen molar-refractivity contribution in [3.8, 4) is 12.3 Å². The Bertz CT molecular complexity index is 367. The van der Waals surface area contributed by atoms with Crippen molar-refractivity contribution in [2.45, 2.75) is 26.7 Å².